The zero-order valence-electron chi connectivity index (χ0n) is 14.4. The average molecular weight is 352 g/mol. The minimum atomic E-state index is -0.379. The largest absolute Gasteiger partial charge is 0.462 e. The summed E-state index contributed by atoms with van der Waals surface area (Å²) < 4.78 is 5.28. The van der Waals surface area contributed by atoms with E-state index < -0.39 is 0 Å². The third-order valence-corrected chi connectivity index (χ3v) is 4.25. The van der Waals surface area contributed by atoms with Crippen molar-refractivity contribution >= 4 is 17.8 Å². The van der Waals surface area contributed by atoms with Gasteiger partial charge in [0.05, 0.1) is 18.7 Å². The second-order valence-corrected chi connectivity index (χ2v) is 6.17. The van der Waals surface area contributed by atoms with Crippen molar-refractivity contribution in [2.75, 3.05) is 6.61 Å². The molecule has 6 heteroatoms. The van der Waals surface area contributed by atoms with Gasteiger partial charge in [-0.25, -0.2) is 4.79 Å². The number of ether oxygens (including phenoxy) is 1. The minimum Gasteiger partial charge on any atom is -0.462 e. The molecular formula is C20H20N2O4. The van der Waals surface area contributed by atoms with Crippen molar-refractivity contribution < 1.29 is 19.1 Å². The van der Waals surface area contributed by atoms with E-state index in [9.17, 15) is 14.4 Å². The Balaban J connectivity index is 1.46. The first-order chi connectivity index (χ1) is 12.6. The number of aromatic nitrogens is 1. The number of carbonyl (C=O) groups excluding carboxylic acids is 3. The van der Waals surface area contributed by atoms with Crippen LogP contribution >= 0.6 is 0 Å². The van der Waals surface area contributed by atoms with Gasteiger partial charge in [-0.1, -0.05) is 18.2 Å². The molecule has 1 aromatic carbocycles. The predicted molar refractivity (Wildman–Crippen MR) is 94.1 cm³/mol. The van der Waals surface area contributed by atoms with E-state index in [2.05, 4.69) is 4.98 Å². The topological polar surface area (TPSA) is 76.6 Å². The van der Waals surface area contributed by atoms with Crippen molar-refractivity contribution in [2.24, 2.45) is 0 Å². The highest BCUT2D eigenvalue weighted by molar-refractivity contribution is 6.01. The smallest absolute Gasteiger partial charge is 0.338 e. The molecule has 0 radical (unpaired) electrons. The van der Waals surface area contributed by atoms with Crippen LogP contribution in [0.5, 0.6) is 0 Å². The molecule has 26 heavy (non-hydrogen) atoms. The number of amides is 2. The van der Waals surface area contributed by atoms with Crippen molar-refractivity contribution in [1.82, 2.24) is 9.88 Å². The highest BCUT2D eigenvalue weighted by Crippen LogP contribution is 2.16. The summed E-state index contributed by atoms with van der Waals surface area (Å²) in [5.74, 6) is -0.671. The van der Waals surface area contributed by atoms with Crippen LogP contribution in [0.3, 0.4) is 0 Å². The number of pyridine rings is 1. The molecule has 0 saturated carbocycles. The maximum Gasteiger partial charge on any atom is 0.338 e. The Morgan fingerprint density at radius 1 is 1.04 bits per heavy atom. The Bertz CT molecular complexity index is 771. The predicted octanol–water partition coefficient (Wildman–Crippen LogP) is 2.52. The molecule has 3 rings (SSSR count). The standard InChI is InChI=1S/C20H20N2O4/c23-18-9-10-19(24)22(18)14-16-5-7-17(8-6-16)20(25)26-12-2-4-15-3-1-11-21-13-15/h1,3,5-8,11,13H,2,4,9-10,12,14H2. The normalized spacial score (nSPS) is 13.9. The Kier molecular flexibility index (Phi) is 5.73. The summed E-state index contributed by atoms with van der Waals surface area (Å²) in [5.41, 5.74) is 2.37. The lowest BCUT2D eigenvalue weighted by Crippen LogP contribution is -2.28. The number of benzene rings is 1. The summed E-state index contributed by atoms with van der Waals surface area (Å²) in [7, 11) is 0. The molecule has 1 saturated heterocycles. The molecule has 1 aliphatic heterocycles. The molecular weight excluding hydrogens is 332 g/mol. The summed E-state index contributed by atoms with van der Waals surface area (Å²) in [4.78, 5) is 40.6. The van der Waals surface area contributed by atoms with Gasteiger partial charge in [0.15, 0.2) is 0 Å². The minimum absolute atomic E-state index is 0.146. The number of esters is 1. The number of hydrogen-bond acceptors (Lipinski definition) is 5. The van der Waals surface area contributed by atoms with E-state index in [4.69, 9.17) is 4.74 Å². The molecule has 1 aliphatic rings. The van der Waals surface area contributed by atoms with Crippen molar-refractivity contribution in [2.45, 2.75) is 32.2 Å². The zero-order chi connectivity index (χ0) is 18.4. The molecule has 2 amide bonds. The Morgan fingerprint density at radius 3 is 2.42 bits per heavy atom. The van der Waals surface area contributed by atoms with Crippen molar-refractivity contribution in [3.8, 4) is 0 Å². The summed E-state index contributed by atoms with van der Waals surface area (Å²) >= 11 is 0. The van der Waals surface area contributed by atoms with Crippen LogP contribution in [0.15, 0.2) is 48.8 Å². The van der Waals surface area contributed by atoms with Gasteiger partial charge in [0.1, 0.15) is 0 Å². The molecule has 134 valence electrons. The molecule has 0 bridgehead atoms. The number of aryl methyl sites for hydroxylation is 1. The SMILES string of the molecule is O=C(OCCCc1cccnc1)c1ccc(CN2C(=O)CCC2=O)cc1. The second-order valence-electron chi connectivity index (χ2n) is 6.17. The van der Waals surface area contributed by atoms with Crippen LogP contribution in [-0.4, -0.2) is 34.3 Å². The third-order valence-electron chi connectivity index (χ3n) is 4.25. The van der Waals surface area contributed by atoms with Crippen LogP contribution in [0.25, 0.3) is 0 Å². The van der Waals surface area contributed by atoms with E-state index in [1.165, 1.54) is 4.90 Å². The van der Waals surface area contributed by atoms with Crippen molar-refractivity contribution in [3.05, 3.63) is 65.5 Å². The molecule has 0 spiro atoms. The molecule has 1 fully saturated rings. The lowest BCUT2D eigenvalue weighted by Gasteiger charge is -2.13. The van der Waals surface area contributed by atoms with Crippen molar-refractivity contribution in [3.63, 3.8) is 0 Å². The Labute approximate surface area is 151 Å². The molecule has 1 aromatic heterocycles. The fraction of sp³-hybridized carbons (Fsp3) is 0.300. The number of carbonyl (C=O) groups is 3. The number of rotatable bonds is 7. The van der Waals surface area contributed by atoms with E-state index >= 15 is 0 Å². The highest BCUT2D eigenvalue weighted by atomic mass is 16.5. The number of nitrogens with zero attached hydrogens (tertiary/aromatic N) is 2. The van der Waals surface area contributed by atoms with Crippen LogP contribution in [0.4, 0.5) is 0 Å². The van der Waals surface area contributed by atoms with Crippen LogP contribution in [0.1, 0.15) is 40.7 Å². The summed E-state index contributed by atoms with van der Waals surface area (Å²) in [6.07, 6.45) is 5.62. The van der Waals surface area contributed by atoms with Crippen LogP contribution in [-0.2, 0) is 27.3 Å². The van der Waals surface area contributed by atoms with E-state index in [-0.39, 0.29) is 37.2 Å². The lowest BCUT2D eigenvalue weighted by molar-refractivity contribution is -0.139. The molecule has 0 unspecified atom stereocenters. The fourth-order valence-electron chi connectivity index (χ4n) is 2.80. The summed E-state index contributed by atoms with van der Waals surface area (Å²) in [6.45, 7) is 0.588. The first-order valence-corrected chi connectivity index (χ1v) is 8.61. The number of imide groups is 1. The highest BCUT2D eigenvalue weighted by Gasteiger charge is 2.28. The molecule has 2 heterocycles. The monoisotopic (exact) mass is 352 g/mol. The molecule has 2 aromatic rings. The number of likely N-dealkylation sites (tertiary alicyclic amines) is 1. The number of hydrogen-bond donors (Lipinski definition) is 0. The van der Waals surface area contributed by atoms with E-state index in [0.29, 0.717) is 12.2 Å². The van der Waals surface area contributed by atoms with Gasteiger partial charge in [-0.05, 0) is 42.2 Å². The zero-order valence-corrected chi connectivity index (χ0v) is 14.4. The van der Waals surface area contributed by atoms with E-state index in [1.807, 2.05) is 12.1 Å². The maximum absolute atomic E-state index is 12.1. The van der Waals surface area contributed by atoms with Gasteiger partial charge in [-0.2, -0.15) is 0 Å². The lowest BCUT2D eigenvalue weighted by atomic mass is 10.1. The van der Waals surface area contributed by atoms with Crippen LogP contribution < -0.4 is 0 Å². The summed E-state index contributed by atoms with van der Waals surface area (Å²) in [5, 5.41) is 0. The molecule has 6 nitrogen and oxygen atoms in total. The van der Waals surface area contributed by atoms with E-state index in [1.54, 1.807) is 36.7 Å². The average Bonchev–Trinajstić information content (AvgIpc) is 2.98. The van der Waals surface area contributed by atoms with Gasteiger partial charge in [0, 0.05) is 25.2 Å². The Morgan fingerprint density at radius 2 is 1.77 bits per heavy atom. The van der Waals surface area contributed by atoms with Gasteiger partial charge >= 0.3 is 5.97 Å². The first-order valence-electron chi connectivity index (χ1n) is 8.61. The first kappa shape index (κ1) is 17.8. The van der Waals surface area contributed by atoms with Crippen LogP contribution in [0.2, 0.25) is 0 Å². The fourth-order valence-corrected chi connectivity index (χ4v) is 2.80. The van der Waals surface area contributed by atoms with Gasteiger partial charge in [0.25, 0.3) is 0 Å². The van der Waals surface area contributed by atoms with Gasteiger partial charge in [-0.15, -0.1) is 0 Å². The van der Waals surface area contributed by atoms with E-state index in [0.717, 1.165) is 24.0 Å². The Hall–Kier alpha value is -3.02. The molecule has 0 N–H and O–H groups in total. The van der Waals surface area contributed by atoms with Gasteiger partial charge in [0.2, 0.25) is 11.8 Å². The maximum atomic E-state index is 12.1. The van der Waals surface area contributed by atoms with Crippen molar-refractivity contribution in [1.29, 1.82) is 0 Å². The molecule has 0 aliphatic carbocycles. The van der Waals surface area contributed by atoms with Gasteiger partial charge < -0.3 is 4.74 Å². The summed E-state index contributed by atoms with van der Waals surface area (Å²) in [6, 6.07) is 10.7. The van der Waals surface area contributed by atoms with Gasteiger partial charge in [-0.3, -0.25) is 19.5 Å². The third kappa shape index (κ3) is 4.53. The quantitative estimate of drug-likeness (QED) is 0.435. The van der Waals surface area contributed by atoms with Crippen LogP contribution in [0, 0.1) is 0 Å². The second kappa shape index (κ2) is 8.38. The molecule has 0 atom stereocenters.